The van der Waals surface area contributed by atoms with E-state index in [1.807, 2.05) is 13.8 Å². The quantitative estimate of drug-likeness (QED) is 0.740. The van der Waals surface area contributed by atoms with Crippen LogP contribution in [0.3, 0.4) is 0 Å². The summed E-state index contributed by atoms with van der Waals surface area (Å²) in [6.07, 6.45) is 0. The molecule has 0 spiro atoms. The Bertz CT molecular complexity index is 204. The van der Waals surface area contributed by atoms with E-state index in [2.05, 4.69) is 0 Å². The van der Waals surface area contributed by atoms with E-state index in [0.29, 0.717) is 0 Å². The van der Waals surface area contributed by atoms with Crippen molar-refractivity contribution in [2.75, 3.05) is 13.2 Å². The molecule has 0 amide bonds. The molecule has 13 heavy (non-hydrogen) atoms. The van der Waals surface area contributed by atoms with Gasteiger partial charge in [-0.3, -0.25) is 0 Å². The van der Waals surface area contributed by atoms with Crippen LogP contribution in [0.4, 0.5) is 0 Å². The largest absolute Gasteiger partial charge is 0.508 e. The van der Waals surface area contributed by atoms with E-state index in [0.717, 1.165) is 13.2 Å². The van der Waals surface area contributed by atoms with Crippen molar-refractivity contribution in [3.05, 3.63) is 24.3 Å². The van der Waals surface area contributed by atoms with E-state index < -0.39 is 0 Å². The summed E-state index contributed by atoms with van der Waals surface area (Å²) < 4.78 is 4.83. The Kier molecular flexibility index (Phi) is 6.73. The van der Waals surface area contributed by atoms with Crippen molar-refractivity contribution in [3.8, 4) is 11.5 Å². The van der Waals surface area contributed by atoms with Gasteiger partial charge in [-0.05, 0) is 26.0 Å². The Morgan fingerprint density at radius 2 is 1.54 bits per heavy atom. The summed E-state index contributed by atoms with van der Waals surface area (Å²) >= 11 is 0. The molecule has 0 unspecified atom stereocenters. The summed E-state index contributed by atoms with van der Waals surface area (Å²) in [6.45, 7) is 5.67. The molecule has 0 radical (unpaired) electrons. The lowest BCUT2D eigenvalue weighted by atomic mass is 10.3. The van der Waals surface area contributed by atoms with Crippen LogP contribution in [-0.2, 0) is 4.74 Å². The van der Waals surface area contributed by atoms with Gasteiger partial charge in [0.25, 0.3) is 0 Å². The third-order valence-corrected chi connectivity index (χ3v) is 1.24. The van der Waals surface area contributed by atoms with Crippen molar-refractivity contribution < 1.29 is 14.9 Å². The fourth-order valence-electron chi connectivity index (χ4n) is 0.697. The summed E-state index contributed by atoms with van der Waals surface area (Å²) in [5, 5.41) is 17.3. The maximum absolute atomic E-state index is 8.65. The second-order valence-corrected chi connectivity index (χ2v) is 2.30. The van der Waals surface area contributed by atoms with Crippen molar-refractivity contribution in [1.29, 1.82) is 0 Å². The Morgan fingerprint density at radius 3 is 1.69 bits per heavy atom. The van der Waals surface area contributed by atoms with E-state index in [9.17, 15) is 0 Å². The maximum atomic E-state index is 8.65. The molecule has 0 saturated carbocycles. The monoisotopic (exact) mass is 184 g/mol. The van der Waals surface area contributed by atoms with E-state index in [4.69, 9.17) is 14.9 Å². The van der Waals surface area contributed by atoms with Gasteiger partial charge >= 0.3 is 0 Å². The third kappa shape index (κ3) is 7.15. The van der Waals surface area contributed by atoms with E-state index in [-0.39, 0.29) is 11.5 Å². The zero-order valence-electron chi connectivity index (χ0n) is 8.03. The molecular formula is C10H16O3. The first-order chi connectivity index (χ1) is 6.20. The van der Waals surface area contributed by atoms with Crippen LogP contribution in [0.5, 0.6) is 11.5 Å². The topological polar surface area (TPSA) is 49.7 Å². The first-order valence-corrected chi connectivity index (χ1v) is 4.26. The number of phenols is 2. The molecule has 0 heterocycles. The minimum Gasteiger partial charge on any atom is -0.508 e. The average Bonchev–Trinajstić information content (AvgIpc) is 2.06. The van der Waals surface area contributed by atoms with Crippen LogP contribution in [0.15, 0.2) is 24.3 Å². The number of hydrogen-bond donors (Lipinski definition) is 2. The molecule has 2 N–H and O–H groups in total. The van der Waals surface area contributed by atoms with Crippen molar-refractivity contribution in [2.45, 2.75) is 13.8 Å². The van der Waals surface area contributed by atoms with Crippen LogP contribution in [0.1, 0.15) is 13.8 Å². The third-order valence-electron chi connectivity index (χ3n) is 1.24. The predicted octanol–water partition coefficient (Wildman–Crippen LogP) is 2.14. The zero-order chi connectivity index (χ0) is 10.1. The van der Waals surface area contributed by atoms with E-state index in [1.54, 1.807) is 6.07 Å². The predicted molar refractivity (Wildman–Crippen MR) is 51.9 cm³/mol. The van der Waals surface area contributed by atoms with Crippen LogP contribution >= 0.6 is 0 Å². The van der Waals surface area contributed by atoms with Crippen molar-refractivity contribution in [2.24, 2.45) is 0 Å². The van der Waals surface area contributed by atoms with Crippen molar-refractivity contribution >= 4 is 0 Å². The first-order valence-electron chi connectivity index (χ1n) is 4.26. The van der Waals surface area contributed by atoms with Crippen LogP contribution in [0, 0.1) is 0 Å². The highest BCUT2D eigenvalue weighted by molar-refractivity contribution is 5.30. The molecular weight excluding hydrogens is 168 g/mol. The zero-order valence-corrected chi connectivity index (χ0v) is 8.03. The normalized spacial score (nSPS) is 8.77. The molecule has 0 fully saturated rings. The molecule has 1 rings (SSSR count). The van der Waals surface area contributed by atoms with Gasteiger partial charge in [-0.15, -0.1) is 0 Å². The van der Waals surface area contributed by atoms with Gasteiger partial charge < -0.3 is 14.9 Å². The SMILES string of the molecule is CCOCC.Oc1cccc(O)c1. The molecule has 0 saturated heterocycles. The second-order valence-electron chi connectivity index (χ2n) is 2.30. The number of hydrogen-bond acceptors (Lipinski definition) is 3. The first kappa shape index (κ1) is 11.8. The lowest BCUT2D eigenvalue weighted by Gasteiger charge is -1.89. The highest BCUT2D eigenvalue weighted by Gasteiger charge is 1.85. The molecule has 1 aromatic rings. The van der Waals surface area contributed by atoms with Crippen molar-refractivity contribution in [1.82, 2.24) is 0 Å². The van der Waals surface area contributed by atoms with Gasteiger partial charge in [0.1, 0.15) is 11.5 Å². The summed E-state index contributed by atoms with van der Waals surface area (Å²) in [7, 11) is 0. The lowest BCUT2D eigenvalue weighted by molar-refractivity contribution is 0.162. The highest BCUT2D eigenvalue weighted by atomic mass is 16.5. The van der Waals surface area contributed by atoms with Gasteiger partial charge in [-0.2, -0.15) is 0 Å². The molecule has 0 atom stereocenters. The Labute approximate surface area is 78.6 Å². The van der Waals surface area contributed by atoms with E-state index >= 15 is 0 Å². The van der Waals surface area contributed by atoms with Crippen LogP contribution in [0.2, 0.25) is 0 Å². The van der Waals surface area contributed by atoms with Crippen LogP contribution in [-0.4, -0.2) is 23.4 Å². The molecule has 0 aliphatic rings. The summed E-state index contributed by atoms with van der Waals surface area (Å²) in [4.78, 5) is 0. The Morgan fingerprint density at radius 1 is 1.08 bits per heavy atom. The number of phenolic OH excluding ortho intramolecular Hbond substituents is 2. The summed E-state index contributed by atoms with van der Waals surface area (Å²) in [6, 6.07) is 5.85. The van der Waals surface area contributed by atoms with Gasteiger partial charge in [-0.1, -0.05) is 6.07 Å². The minimum atomic E-state index is 0.0880. The lowest BCUT2D eigenvalue weighted by Crippen LogP contribution is -1.84. The number of benzene rings is 1. The molecule has 0 aromatic heterocycles. The number of rotatable bonds is 2. The molecule has 1 aromatic carbocycles. The van der Waals surface area contributed by atoms with E-state index in [1.165, 1.54) is 18.2 Å². The molecule has 3 heteroatoms. The maximum Gasteiger partial charge on any atom is 0.119 e. The van der Waals surface area contributed by atoms with Gasteiger partial charge in [0.05, 0.1) is 0 Å². The Balaban J connectivity index is 0.000000252. The molecule has 3 nitrogen and oxygen atoms in total. The standard InChI is InChI=1S/C6H6O2.C4H10O/c7-5-2-1-3-6(8)4-5;1-3-5-4-2/h1-4,7-8H;3-4H2,1-2H3. The fraction of sp³-hybridized carbons (Fsp3) is 0.400. The smallest absolute Gasteiger partial charge is 0.119 e. The summed E-state index contributed by atoms with van der Waals surface area (Å²) in [5.41, 5.74) is 0. The molecule has 0 bridgehead atoms. The molecule has 0 aliphatic carbocycles. The van der Waals surface area contributed by atoms with Crippen LogP contribution < -0.4 is 0 Å². The second kappa shape index (κ2) is 7.43. The minimum absolute atomic E-state index is 0.0880. The molecule has 74 valence electrons. The number of ether oxygens (including phenoxy) is 1. The van der Waals surface area contributed by atoms with Gasteiger partial charge in [0.2, 0.25) is 0 Å². The highest BCUT2D eigenvalue weighted by Crippen LogP contribution is 2.14. The average molecular weight is 184 g/mol. The van der Waals surface area contributed by atoms with Gasteiger partial charge in [-0.25, -0.2) is 0 Å². The summed E-state index contributed by atoms with van der Waals surface area (Å²) in [5.74, 6) is 0.176. The Hall–Kier alpha value is -1.22. The van der Waals surface area contributed by atoms with Crippen LogP contribution in [0.25, 0.3) is 0 Å². The number of aromatic hydroxyl groups is 2. The van der Waals surface area contributed by atoms with Crippen molar-refractivity contribution in [3.63, 3.8) is 0 Å². The van der Waals surface area contributed by atoms with Gasteiger partial charge in [0.15, 0.2) is 0 Å². The fourth-order valence-corrected chi connectivity index (χ4v) is 0.697. The van der Waals surface area contributed by atoms with Gasteiger partial charge in [0, 0.05) is 19.3 Å². The molecule has 0 aliphatic heterocycles.